The Hall–Kier alpha value is -1.84. The normalized spacial score (nSPS) is 17.6. The molecular formula is C15H19NO3. The van der Waals surface area contributed by atoms with E-state index < -0.39 is 0 Å². The van der Waals surface area contributed by atoms with Crippen molar-refractivity contribution in [3.05, 3.63) is 35.9 Å². The van der Waals surface area contributed by atoms with Gasteiger partial charge in [0.25, 0.3) is 0 Å². The molecule has 0 aliphatic carbocycles. The van der Waals surface area contributed by atoms with E-state index in [1.807, 2.05) is 44.2 Å². The summed E-state index contributed by atoms with van der Waals surface area (Å²) in [5.74, 6) is -0.320. The lowest BCUT2D eigenvalue weighted by molar-refractivity contribution is -0.150. The largest absolute Gasteiger partial charge is 0.459 e. The zero-order chi connectivity index (χ0) is 13.9. The second-order valence-corrected chi connectivity index (χ2v) is 5.51. The maximum absolute atomic E-state index is 12.0. The van der Waals surface area contributed by atoms with E-state index >= 15 is 0 Å². The molecular weight excluding hydrogens is 242 g/mol. The highest BCUT2D eigenvalue weighted by molar-refractivity contribution is 5.87. The molecule has 19 heavy (non-hydrogen) atoms. The lowest BCUT2D eigenvalue weighted by Crippen LogP contribution is -2.35. The second-order valence-electron chi connectivity index (χ2n) is 5.51. The van der Waals surface area contributed by atoms with E-state index in [1.54, 1.807) is 4.90 Å². The van der Waals surface area contributed by atoms with Gasteiger partial charge in [0.2, 0.25) is 5.91 Å². The van der Waals surface area contributed by atoms with Crippen molar-refractivity contribution in [2.24, 2.45) is 5.41 Å². The number of ether oxygens (including phenoxy) is 1. The molecule has 1 aliphatic rings. The Morgan fingerprint density at radius 2 is 2.00 bits per heavy atom. The van der Waals surface area contributed by atoms with Crippen LogP contribution in [0.2, 0.25) is 0 Å². The van der Waals surface area contributed by atoms with Gasteiger partial charge in [-0.1, -0.05) is 44.2 Å². The summed E-state index contributed by atoms with van der Waals surface area (Å²) in [4.78, 5) is 25.2. The van der Waals surface area contributed by atoms with Gasteiger partial charge in [-0.2, -0.15) is 0 Å². The van der Waals surface area contributed by atoms with E-state index in [2.05, 4.69) is 0 Å². The summed E-state index contributed by atoms with van der Waals surface area (Å²) >= 11 is 0. The van der Waals surface area contributed by atoms with Crippen LogP contribution in [0, 0.1) is 5.41 Å². The molecule has 0 bridgehead atoms. The van der Waals surface area contributed by atoms with Crippen molar-refractivity contribution in [1.82, 2.24) is 4.90 Å². The summed E-state index contributed by atoms with van der Waals surface area (Å²) in [5, 5.41) is 0. The summed E-state index contributed by atoms with van der Waals surface area (Å²) in [6.45, 7) is 4.75. The van der Waals surface area contributed by atoms with Crippen molar-refractivity contribution < 1.29 is 14.3 Å². The number of carbonyl (C=O) groups excluding carboxylic acids is 2. The van der Waals surface area contributed by atoms with Crippen LogP contribution in [0.25, 0.3) is 0 Å². The fraction of sp³-hybridized carbons (Fsp3) is 0.467. The first-order valence-electron chi connectivity index (χ1n) is 6.48. The molecule has 2 rings (SSSR count). The minimum Gasteiger partial charge on any atom is -0.459 e. The molecule has 102 valence electrons. The van der Waals surface area contributed by atoms with Gasteiger partial charge in [0.15, 0.2) is 0 Å². The number of benzene rings is 1. The molecule has 0 radical (unpaired) electrons. The van der Waals surface area contributed by atoms with Crippen molar-refractivity contribution in [2.75, 3.05) is 13.1 Å². The number of hydrogen-bond acceptors (Lipinski definition) is 3. The smallest absolute Gasteiger partial charge is 0.325 e. The lowest BCUT2D eigenvalue weighted by Gasteiger charge is -2.18. The van der Waals surface area contributed by atoms with Crippen LogP contribution in [-0.2, 0) is 20.9 Å². The maximum Gasteiger partial charge on any atom is 0.325 e. The molecule has 1 fully saturated rings. The molecule has 0 aromatic heterocycles. The molecule has 1 amide bonds. The number of carbonyl (C=O) groups is 2. The zero-order valence-corrected chi connectivity index (χ0v) is 11.4. The fourth-order valence-electron chi connectivity index (χ4n) is 2.14. The van der Waals surface area contributed by atoms with Crippen LogP contribution >= 0.6 is 0 Å². The van der Waals surface area contributed by atoms with Gasteiger partial charge < -0.3 is 9.64 Å². The Kier molecular flexibility index (Phi) is 3.88. The van der Waals surface area contributed by atoms with Crippen LogP contribution in [0.4, 0.5) is 0 Å². The van der Waals surface area contributed by atoms with Crippen molar-refractivity contribution in [2.45, 2.75) is 26.9 Å². The molecule has 0 saturated carbocycles. The van der Waals surface area contributed by atoms with Gasteiger partial charge in [0.1, 0.15) is 13.2 Å². The quantitative estimate of drug-likeness (QED) is 0.779. The van der Waals surface area contributed by atoms with Crippen molar-refractivity contribution >= 4 is 11.9 Å². The third kappa shape index (κ3) is 3.34. The summed E-state index contributed by atoms with van der Waals surface area (Å²) < 4.78 is 5.17. The first-order valence-corrected chi connectivity index (χ1v) is 6.48. The monoisotopic (exact) mass is 261 g/mol. The topological polar surface area (TPSA) is 46.6 Å². The van der Waals surface area contributed by atoms with Crippen LogP contribution in [0.5, 0.6) is 0 Å². The molecule has 1 aromatic rings. The molecule has 0 unspecified atom stereocenters. The van der Waals surface area contributed by atoms with E-state index in [9.17, 15) is 9.59 Å². The van der Waals surface area contributed by atoms with Gasteiger partial charge >= 0.3 is 5.97 Å². The van der Waals surface area contributed by atoms with Gasteiger partial charge in [-0.05, 0) is 12.0 Å². The molecule has 4 heteroatoms. The Morgan fingerprint density at radius 3 is 2.58 bits per heavy atom. The second kappa shape index (κ2) is 5.43. The number of esters is 1. The predicted octanol–water partition coefficient (Wildman–Crippen LogP) is 1.99. The van der Waals surface area contributed by atoms with Crippen molar-refractivity contribution in [3.63, 3.8) is 0 Å². The SMILES string of the molecule is CC1(C)CCN(CC(=O)OCc2ccccc2)C1=O. The minimum absolute atomic E-state index is 0.0316. The Labute approximate surface area is 113 Å². The van der Waals surface area contributed by atoms with E-state index in [0.717, 1.165) is 12.0 Å². The Balaban J connectivity index is 1.81. The highest BCUT2D eigenvalue weighted by Gasteiger charge is 2.39. The van der Waals surface area contributed by atoms with E-state index in [0.29, 0.717) is 6.54 Å². The number of rotatable bonds is 4. The van der Waals surface area contributed by atoms with E-state index in [1.165, 1.54) is 0 Å². The molecule has 1 heterocycles. The molecule has 4 nitrogen and oxygen atoms in total. The highest BCUT2D eigenvalue weighted by atomic mass is 16.5. The van der Waals surface area contributed by atoms with Crippen LogP contribution in [0.15, 0.2) is 30.3 Å². The minimum atomic E-state index is -0.352. The first kappa shape index (κ1) is 13.6. The summed E-state index contributed by atoms with van der Waals surface area (Å²) in [5.41, 5.74) is 0.601. The summed E-state index contributed by atoms with van der Waals surface area (Å²) in [6, 6.07) is 9.51. The molecule has 1 saturated heterocycles. The Morgan fingerprint density at radius 1 is 1.32 bits per heavy atom. The van der Waals surface area contributed by atoms with Crippen LogP contribution in [0.3, 0.4) is 0 Å². The van der Waals surface area contributed by atoms with Crippen LogP contribution in [0.1, 0.15) is 25.8 Å². The third-order valence-electron chi connectivity index (χ3n) is 3.44. The molecule has 0 spiro atoms. The first-order chi connectivity index (χ1) is 8.99. The van der Waals surface area contributed by atoms with Gasteiger partial charge in [-0.25, -0.2) is 0 Å². The standard InChI is InChI=1S/C15H19NO3/c1-15(2)8-9-16(14(15)18)10-13(17)19-11-12-6-4-3-5-7-12/h3-7H,8-11H2,1-2H3. The number of likely N-dealkylation sites (tertiary alicyclic amines) is 1. The predicted molar refractivity (Wildman–Crippen MR) is 71.2 cm³/mol. The lowest BCUT2D eigenvalue weighted by atomic mass is 9.92. The highest BCUT2D eigenvalue weighted by Crippen LogP contribution is 2.30. The molecule has 0 atom stereocenters. The fourth-order valence-corrected chi connectivity index (χ4v) is 2.14. The van der Waals surface area contributed by atoms with Crippen LogP contribution in [-0.4, -0.2) is 29.9 Å². The Bertz CT molecular complexity index is 468. The number of hydrogen-bond donors (Lipinski definition) is 0. The van der Waals surface area contributed by atoms with Crippen molar-refractivity contribution in [1.29, 1.82) is 0 Å². The summed E-state index contributed by atoms with van der Waals surface area (Å²) in [6.07, 6.45) is 0.789. The maximum atomic E-state index is 12.0. The molecule has 1 aromatic carbocycles. The van der Waals surface area contributed by atoms with Crippen LogP contribution < -0.4 is 0 Å². The van der Waals surface area contributed by atoms with Crippen molar-refractivity contribution in [3.8, 4) is 0 Å². The molecule has 0 N–H and O–H groups in total. The number of amides is 1. The van der Waals surface area contributed by atoms with E-state index in [-0.39, 0.29) is 30.4 Å². The zero-order valence-electron chi connectivity index (χ0n) is 11.4. The van der Waals surface area contributed by atoms with Gasteiger partial charge in [-0.15, -0.1) is 0 Å². The summed E-state index contributed by atoms with van der Waals surface area (Å²) in [7, 11) is 0. The van der Waals surface area contributed by atoms with Gasteiger partial charge in [0, 0.05) is 12.0 Å². The number of nitrogens with zero attached hydrogens (tertiary/aromatic N) is 1. The van der Waals surface area contributed by atoms with Gasteiger partial charge in [0.05, 0.1) is 0 Å². The average Bonchev–Trinajstić information content (AvgIpc) is 2.65. The average molecular weight is 261 g/mol. The molecule has 1 aliphatic heterocycles. The van der Waals surface area contributed by atoms with Gasteiger partial charge in [-0.3, -0.25) is 9.59 Å². The third-order valence-corrected chi connectivity index (χ3v) is 3.44. The van der Waals surface area contributed by atoms with E-state index in [4.69, 9.17) is 4.74 Å².